The van der Waals surface area contributed by atoms with Gasteiger partial charge in [-0.05, 0) is 20.8 Å². The summed E-state index contributed by atoms with van der Waals surface area (Å²) < 4.78 is 6.83. The Labute approximate surface area is 93.5 Å². The summed E-state index contributed by atoms with van der Waals surface area (Å²) in [5, 5.41) is 22.1. The van der Waals surface area contributed by atoms with Gasteiger partial charge in [-0.25, -0.2) is 4.79 Å². The van der Waals surface area contributed by atoms with Crippen LogP contribution < -0.4 is 4.74 Å². The SMILES string of the molecule is CC(C)n1cc(OCC(C)(O)C(=O)O)cn1. The first-order valence-electron chi connectivity index (χ1n) is 4.95. The molecule has 1 rings (SSSR count). The van der Waals surface area contributed by atoms with Crippen molar-refractivity contribution in [3.63, 3.8) is 0 Å². The lowest BCUT2D eigenvalue weighted by atomic mass is 10.1. The van der Waals surface area contributed by atoms with Crippen molar-refractivity contribution in [2.45, 2.75) is 32.4 Å². The Morgan fingerprint density at radius 2 is 2.31 bits per heavy atom. The molecule has 0 amide bonds. The molecular formula is C10H16N2O4. The van der Waals surface area contributed by atoms with Crippen LogP contribution in [0.4, 0.5) is 0 Å². The highest BCUT2D eigenvalue weighted by Crippen LogP contribution is 2.14. The van der Waals surface area contributed by atoms with E-state index in [9.17, 15) is 9.90 Å². The van der Waals surface area contributed by atoms with E-state index in [1.54, 1.807) is 10.9 Å². The van der Waals surface area contributed by atoms with Crippen LogP contribution in [0.15, 0.2) is 12.4 Å². The first kappa shape index (κ1) is 12.5. The van der Waals surface area contributed by atoms with E-state index in [1.165, 1.54) is 13.1 Å². The van der Waals surface area contributed by atoms with Gasteiger partial charge in [0.15, 0.2) is 11.4 Å². The summed E-state index contributed by atoms with van der Waals surface area (Å²) in [6.07, 6.45) is 3.14. The summed E-state index contributed by atoms with van der Waals surface area (Å²) >= 11 is 0. The average Bonchev–Trinajstić information content (AvgIpc) is 2.63. The van der Waals surface area contributed by atoms with Gasteiger partial charge in [-0.1, -0.05) is 0 Å². The zero-order chi connectivity index (χ0) is 12.3. The van der Waals surface area contributed by atoms with Crippen LogP contribution in [-0.2, 0) is 4.79 Å². The van der Waals surface area contributed by atoms with Gasteiger partial charge in [0.05, 0.1) is 12.4 Å². The number of aromatic nitrogens is 2. The van der Waals surface area contributed by atoms with Gasteiger partial charge in [-0.15, -0.1) is 0 Å². The highest BCUT2D eigenvalue weighted by molar-refractivity contribution is 5.76. The Bertz CT molecular complexity index is 371. The topological polar surface area (TPSA) is 84.6 Å². The summed E-state index contributed by atoms with van der Waals surface area (Å²) in [6, 6.07) is 0.206. The van der Waals surface area contributed by atoms with Crippen molar-refractivity contribution < 1.29 is 19.7 Å². The summed E-state index contributed by atoms with van der Waals surface area (Å²) in [4.78, 5) is 10.6. The van der Waals surface area contributed by atoms with E-state index in [-0.39, 0.29) is 12.6 Å². The first-order chi connectivity index (χ1) is 7.33. The molecule has 0 saturated heterocycles. The van der Waals surface area contributed by atoms with Crippen LogP contribution in [0.1, 0.15) is 26.8 Å². The van der Waals surface area contributed by atoms with Crippen LogP contribution in [0.3, 0.4) is 0 Å². The molecule has 1 aromatic rings. The second kappa shape index (κ2) is 4.52. The lowest BCUT2D eigenvalue weighted by Gasteiger charge is -2.17. The zero-order valence-corrected chi connectivity index (χ0v) is 9.54. The lowest BCUT2D eigenvalue weighted by Crippen LogP contribution is -2.41. The van der Waals surface area contributed by atoms with E-state index in [2.05, 4.69) is 5.10 Å². The Morgan fingerprint density at radius 1 is 1.69 bits per heavy atom. The van der Waals surface area contributed by atoms with E-state index >= 15 is 0 Å². The molecule has 0 spiro atoms. The third kappa shape index (κ3) is 2.96. The molecule has 16 heavy (non-hydrogen) atoms. The molecule has 1 atom stereocenters. The number of aliphatic hydroxyl groups is 1. The van der Waals surface area contributed by atoms with Crippen molar-refractivity contribution in [1.29, 1.82) is 0 Å². The molecule has 0 aliphatic heterocycles. The fourth-order valence-corrected chi connectivity index (χ4v) is 0.963. The fourth-order valence-electron chi connectivity index (χ4n) is 0.963. The maximum Gasteiger partial charge on any atom is 0.339 e. The molecule has 1 aromatic heterocycles. The molecule has 0 radical (unpaired) electrons. The second-order valence-electron chi connectivity index (χ2n) is 4.12. The number of carboxylic acids is 1. The van der Waals surface area contributed by atoms with Crippen molar-refractivity contribution in [2.75, 3.05) is 6.61 Å². The third-order valence-electron chi connectivity index (χ3n) is 2.09. The number of hydrogen-bond donors (Lipinski definition) is 2. The van der Waals surface area contributed by atoms with E-state index in [4.69, 9.17) is 9.84 Å². The van der Waals surface area contributed by atoms with E-state index in [1.807, 2.05) is 13.8 Å². The number of rotatable bonds is 5. The van der Waals surface area contributed by atoms with E-state index in [0.717, 1.165) is 0 Å². The van der Waals surface area contributed by atoms with Crippen molar-refractivity contribution in [3.8, 4) is 5.75 Å². The number of ether oxygens (including phenoxy) is 1. The minimum atomic E-state index is -1.89. The van der Waals surface area contributed by atoms with Crippen molar-refractivity contribution in [2.24, 2.45) is 0 Å². The molecule has 0 bridgehead atoms. The number of carboxylic acid groups (broad SMARTS) is 1. The highest BCUT2D eigenvalue weighted by Gasteiger charge is 2.31. The highest BCUT2D eigenvalue weighted by atomic mass is 16.5. The number of nitrogens with zero attached hydrogens (tertiary/aromatic N) is 2. The normalized spacial score (nSPS) is 14.8. The molecule has 90 valence electrons. The Balaban J connectivity index is 2.58. The van der Waals surface area contributed by atoms with E-state index < -0.39 is 11.6 Å². The molecule has 1 unspecified atom stereocenters. The van der Waals surface area contributed by atoms with Crippen LogP contribution in [0.2, 0.25) is 0 Å². The molecule has 0 saturated carbocycles. The molecule has 6 nitrogen and oxygen atoms in total. The standard InChI is InChI=1S/C10H16N2O4/c1-7(2)12-5-8(4-11-12)16-6-10(3,15)9(13)14/h4-5,7,15H,6H2,1-3H3,(H,13,14). The average molecular weight is 228 g/mol. The van der Waals surface area contributed by atoms with Gasteiger partial charge < -0.3 is 14.9 Å². The fraction of sp³-hybridized carbons (Fsp3) is 0.600. The number of aliphatic carboxylic acids is 1. The first-order valence-corrected chi connectivity index (χ1v) is 4.95. The van der Waals surface area contributed by atoms with Gasteiger partial charge in [-0.3, -0.25) is 4.68 Å². The number of hydrogen-bond acceptors (Lipinski definition) is 4. The van der Waals surface area contributed by atoms with Crippen LogP contribution in [0, 0.1) is 0 Å². The summed E-state index contributed by atoms with van der Waals surface area (Å²) in [6.45, 7) is 4.79. The summed E-state index contributed by atoms with van der Waals surface area (Å²) in [5.74, 6) is -0.876. The second-order valence-corrected chi connectivity index (χ2v) is 4.12. The van der Waals surface area contributed by atoms with Crippen molar-refractivity contribution >= 4 is 5.97 Å². The van der Waals surface area contributed by atoms with Gasteiger partial charge >= 0.3 is 5.97 Å². The van der Waals surface area contributed by atoms with Gasteiger partial charge in [0.2, 0.25) is 0 Å². The molecule has 0 fully saturated rings. The molecule has 0 aliphatic carbocycles. The van der Waals surface area contributed by atoms with Crippen LogP contribution in [-0.4, -0.2) is 38.2 Å². The monoisotopic (exact) mass is 228 g/mol. The maximum atomic E-state index is 10.6. The van der Waals surface area contributed by atoms with Gasteiger partial charge in [-0.2, -0.15) is 5.10 Å². The quantitative estimate of drug-likeness (QED) is 0.774. The smallest absolute Gasteiger partial charge is 0.339 e. The Kier molecular flexibility index (Phi) is 3.54. The maximum absolute atomic E-state index is 10.6. The van der Waals surface area contributed by atoms with Crippen LogP contribution in [0.5, 0.6) is 5.75 Å². The molecule has 6 heteroatoms. The zero-order valence-electron chi connectivity index (χ0n) is 9.54. The van der Waals surface area contributed by atoms with Gasteiger partial charge in [0.25, 0.3) is 0 Å². The van der Waals surface area contributed by atoms with Gasteiger partial charge in [0.1, 0.15) is 6.61 Å². The van der Waals surface area contributed by atoms with Crippen LogP contribution in [0.25, 0.3) is 0 Å². The summed E-state index contributed by atoms with van der Waals surface area (Å²) in [7, 11) is 0. The predicted octanol–water partition coefficient (Wildman–Crippen LogP) is 0.678. The largest absolute Gasteiger partial charge is 0.487 e. The van der Waals surface area contributed by atoms with Gasteiger partial charge in [0, 0.05) is 6.04 Å². The lowest BCUT2D eigenvalue weighted by molar-refractivity contribution is -0.159. The predicted molar refractivity (Wildman–Crippen MR) is 56.4 cm³/mol. The van der Waals surface area contributed by atoms with E-state index in [0.29, 0.717) is 5.75 Å². The molecular weight excluding hydrogens is 212 g/mol. The Morgan fingerprint density at radius 3 is 2.75 bits per heavy atom. The summed E-state index contributed by atoms with van der Waals surface area (Å²) in [5.41, 5.74) is -1.89. The minimum Gasteiger partial charge on any atom is -0.487 e. The molecule has 0 aromatic carbocycles. The van der Waals surface area contributed by atoms with Crippen molar-refractivity contribution in [1.82, 2.24) is 9.78 Å². The van der Waals surface area contributed by atoms with Crippen LogP contribution >= 0.6 is 0 Å². The Hall–Kier alpha value is -1.56. The third-order valence-corrected chi connectivity index (χ3v) is 2.09. The molecule has 1 heterocycles. The van der Waals surface area contributed by atoms with Crippen molar-refractivity contribution in [3.05, 3.63) is 12.4 Å². The minimum absolute atomic E-state index is 0.206. The number of carbonyl (C=O) groups is 1. The molecule has 2 N–H and O–H groups in total. The molecule has 0 aliphatic rings.